The molecule has 0 bridgehead atoms. The van der Waals surface area contributed by atoms with Gasteiger partial charge in [-0.1, -0.05) is 66.7 Å². The topological polar surface area (TPSA) is 95.2 Å². The number of hydrogen-bond donors (Lipinski definition) is 1. The first-order valence-corrected chi connectivity index (χ1v) is 11.7. The molecule has 7 nitrogen and oxygen atoms in total. The molecule has 0 aliphatic heterocycles. The Morgan fingerprint density at radius 2 is 1.45 bits per heavy atom. The van der Waals surface area contributed by atoms with E-state index in [1.54, 1.807) is 61.7 Å². The monoisotopic (exact) mass is 510 g/mol. The molecule has 1 heterocycles. The second kappa shape index (κ2) is 11.8. The number of fused-ring (bicyclic) bond motifs is 1. The highest BCUT2D eigenvalue weighted by Gasteiger charge is 2.18. The summed E-state index contributed by atoms with van der Waals surface area (Å²) in [5.74, 6) is 1.36. The molecule has 7 heteroatoms. The third-order valence-electron chi connectivity index (χ3n) is 5.79. The molecule has 0 aliphatic rings. The molecule has 1 N–H and O–H groups in total. The van der Waals surface area contributed by atoms with Crippen LogP contribution in [0.1, 0.15) is 15.9 Å². The summed E-state index contributed by atoms with van der Waals surface area (Å²) in [5, 5.41) is 10.2. The lowest BCUT2D eigenvalue weighted by Crippen LogP contribution is -2.08. The van der Waals surface area contributed by atoms with Gasteiger partial charge in [-0.05, 0) is 24.3 Å². The number of ether oxygens (including phenoxy) is 3. The number of phenolic OH excluding ortho intramolecular Hbond substituents is 1. The Morgan fingerprint density at radius 1 is 0.763 bits per heavy atom. The Bertz CT molecular complexity index is 1610. The van der Waals surface area contributed by atoms with E-state index in [1.807, 2.05) is 36.4 Å². The lowest BCUT2D eigenvalue weighted by atomic mass is 10.0. The van der Waals surface area contributed by atoms with Crippen molar-refractivity contribution in [1.82, 2.24) is 0 Å². The minimum absolute atomic E-state index is 0.0711. The van der Waals surface area contributed by atoms with Gasteiger partial charge in [0.15, 0.2) is 22.9 Å². The SMILES string of the molecule is COc1c(-c2ccccc2)oc2c(OC)cccc2c1=O.COc1ccc(C(=O)c2ccccc2)c(O)c1. The van der Waals surface area contributed by atoms with Crippen LogP contribution in [0.15, 0.2) is 106 Å². The van der Waals surface area contributed by atoms with Gasteiger partial charge in [0.2, 0.25) is 11.2 Å². The van der Waals surface area contributed by atoms with E-state index in [0.717, 1.165) is 5.56 Å². The van der Waals surface area contributed by atoms with Gasteiger partial charge in [-0.3, -0.25) is 9.59 Å². The zero-order valence-electron chi connectivity index (χ0n) is 21.1. The molecule has 0 spiro atoms. The number of methoxy groups -OCH3 is 3. The fourth-order valence-electron chi connectivity index (χ4n) is 3.87. The van der Waals surface area contributed by atoms with Crippen molar-refractivity contribution in [2.45, 2.75) is 0 Å². The minimum atomic E-state index is -0.212. The van der Waals surface area contributed by atoms with Crippen molar-refractivity contribution in [2.24, 2.45) is 0 Å². The Morgan fingerprint density at radius 3 is 2.05 bits per heavy atom. The van der Waals surface area contributed by atoms with Crippen LogP contribution in [0.25, 0.3) is 22.3 Å². The Kier molecular flexibility index (Phi) is 8.08. The van der Waals surface area contributed by atoms with E-state index >= 15 is 0 Å². The summed E-state index contributed by atoms with van der Waals surface area (Å²) in [6.07, 6.45) is 0. The predicted molar refractivity (Wildman–Crippen MR) is 146 cm³/mol. The molecule has 192 valence electrons. The van der Waals surface area contributed by atoms with Crippen molar-refractivity contribution in [3.8, 4) is 34.3 Å². The van der Waals surface area contributed by atoms with E-state index in [-0.39, 0.29) is 28.3 Å². The highest BCUT2D eigenvalue weighted by molar-refractivity contribution is 6.10. The number of phenols is 1. The minimum Gasteiger partial charge on any atom is -0.507 e. The molecule has 0 atom stereocenters. The summed E-state index contributed by atoms with van der Waals surface area (Å²) < 4.78 is 21.4. The van der Waals surface area contributed by atoms with Crippen LogP contribution in [0.2, 0.25) is 0 Å². The lowest BCUT2D eigenvalue weighted by molar-refractivity contribution is 0.103. The molecule has 0 aliphatic carbocycles. The van der Waals surface area contributed by atoms with E-state index in [1.165, 1.54) is 20.3 Å². The highest BCUT2D eigenvalue weighted by Crippen LogP contribution is 2.34. The first-order valence-electron chi connectivity index (χ1n) is 11.7. The maximum absolute atomic E-state index is 12.6. The normalized spacial score (nSPS) is 10.3. The van der Waals surface area contributed by atoms with Crippen molar-refractivity contribution in [2.75, 3.05) is 21.3 Å². The van der Waals surface area contributed by atoms with Crippen LogP contribution in [0.4, 0.5) is 0 Å². The highest BCUT2D eigenvalue weighted by atomic mass is 16.5. The van der Waals surface area contributed by atoms with Crippen LogP contribution in [-0.2, 0) is 0 Å². The maximum atomic E-state index is 12.6. The lowest BCUT2D eigenvalue weighted by Gasteiger charge is -2.10. The largest absolute Gasteiger partial charge is 0.507 e. The van der Waals surface area contributed by atoms with Crippen LogP contribution >= 0.6 is 0 Å². The third-order valence-corrected chi connectivity index (χ3v) is 5.79. The van der Waals surface area contributed by atoms with Crippen molar-refractivity contribution < 1.29 is 28.5 Å². The van der Waals surface area contributed by atoms with Gasteiger partial charge in [0.25, 0.3) is 0 Å². The second-order valence-corrected chi connectivity index (χ2v) is 8.07. The number of para-hydroxylation sites is 1. The molecule has 0 amide bonds. The Labute approximate surface area is 219 Å². The van der Waals surface area contributed by atoms with Crippen LogP contribution < -0.4 is 19.6 Å². The van der Waals surface area contributed by atoms with Crippen LogP contribution in [0.3, 0.4) is 0 Å². The van der Waals surface area contributed by atoms with Gasteiger partial charge in [-0.2, -0.15) is 0 Å². The molecule has 4 aromatic carbocycles. The quantitative estimate of drug-likeness (QED) is 0.275. The van der Waals surface area contributed by atoms with Crippen LogP contribution in [-0.4, -0.2) is 32.2 Å². The molecule has 0 saturated carbocycles. The summed E-state index contributed by atoms with van der Waals surface area (Å²) in [6, 6.07) is 28.1. The molecule has 38 heavy (non-hydrogen) atoms. The van der Waals surface area contributed by atoms with Crippen molar-refractivity contribution in [1.29, 1.82) is 0 Å². The zero-order chi connectivity index (χ0) is 27.1. The molecule has 5 rings (SSSR count). The third kappa shape index (κ3) is 5.37. The summed E-state index contributed by atoms with van der Waals surface area (Å²) in [7, 11) is 4.51. The number of aromatic hydroxyl groups is 1. The molecular formula is C31H26O7. The first kappa shape index (κ1) is 26.0. The molecule has 0 unspecified atom stereocenters. The molecule has 5 aromatic rings. The van der Waals surface area contributed by atoms with Gasteiger partial charge in [0.05, 0.1) is 32.3 Å². The van der Waals surface area contributed by atoms with E-state index in [2.05, 4.69) is 0 Å². The molecule has 0 saturated heterocycles. The van der Waals surface area contributed by atoms with E-state index < -0.39 is 0 Å². The maximum Gasteiger partial charge on any atom is 0.235 e. The Balaban J connectivity index is 0.000000181. The van der Waals surface area contributed by atoms with Gasteiger partial charge in [0, 0.05) is 17.2 Å². The molecule has 0 fully saturated rings. The average molecular weight is 511 g/mol. The zero-order valence-corrected chi connectivity index (χ0v) is 21.1. The summed E-state index contributed by atoms with van der Waals surface area (Å²) >= 11 is 0. The van der Waals surface area contributed by atoms with E-state index in [4.69, 9.17) is 18.6 Å². The fourth-order valence-corrected chi connectivity index (χ4v) is 3.87. The number of carbonyl (C=O) groups excluding carboxylic acids is 1. The average Bonchev–Trinajstić information content (AvgIpc) is 2.97. The van der Waals surface area contributed by atoms with Crippen molar-refractivity contribution >= 4 is 16.8 Å². The van der Waals surface area contributed by atoms with Gasteiger partial charge < -0.3 is 23.7 Å². The summed E-state index contributed by atoms with van der Waals surface area (Å²) in [4.78, 5) is 24.6. The number of rotatable bonds is 6. The Hall–Kier alpha value is -5.04. The standard InChI is InChI=1S/C17H14O4.C14H12O3/c1-19-13-10-6-9-12-14(18)17(20-2)15(21-16(12)13)11-7-4-3-5-8-11;1-17-11-7-8-12(13(15)9-11)14(16)10-5-3-2-4-6-10/h3-10H,1-2H3;2-9,15H,1H3. The summed E-state index contributed by atoms with van der Waals surface area (Å²) in [6.45, 7) is 0. The summed E-state index contributed by atoms with van der Waals surface area (Å²) in [5.41, 5.74) is 1.81. The number of hydrogen-bond acceptors (Lipinski definition) is 7. The number of carbonyl (C=O) groups is 1. The first-order chi connectivity index (χ1) is 18.5. The second-order valence-electron chi connectivity index (χ2n) is 8.07. The van der Waals surface area contributed by atoms with Gasteiger partial charge in [-0.25, -0.2) is 0 Å². The number of benzene rings is 4. The van der Waals surface area contributed by atoms with E-state index in [0.29, 0.717) is 33.8 Å². The smallest absolute Gasteiger partial charge is 0.235 e. The molecule has 1 aromatic heterocycles. The molecule has 0 radical (unpaired) electrons. The van der Waals surface area contributed by atoms with Gasteiger partial charge in [-0.15, -0.1) is 0 Å². The number of ketones is 1. The van der Waals surface area contributed by atoms with Crippen molar-refractivity contribution in [3.63, 3.8) is 0 Å². The van der Waals surface area contributed by atoms with Gasteiger partial charge >= 0.3 is 0 Å². The van der Waals surface area contributed by atoms with Crippen molar-refractivity contribution in [3.05, 3.63) is 118 Å². The van der Waals surface area contributed by atoms with Gasteiger partial charge in [0.1, 0.15) is 11.5 Å². The predicted octanol–water partition coefficient (Wildman–Crippen LogP) is 6.11. The van der Waals surface area contributed by atoms with Crippen LogP contribution in [0.5, 0.6) is 23.0 Å². The van der Waals surface area contributed by atoms with E-state index in [9.17, 15) is 14.7 Å². The fraction of sp³-hybridized carbons (Fsp3) is 0.0968. The van der Waals surface area contributed by atoms with Crippen LogP contribution in [0, 0.1) is 0 Å². The molecular weight excluding hydrogens is 484 g/mol.